The summed E-state index contributed by atoms with van der Waals surface area (Å²) in [6.07, 6.45) is 3.40. The molecule has 0 radical (unpaired) electrons. The van der Waals surface area contributed by atoms with Crippen molar-refractivity contribution in [1.82, 2.24) is 20.5 Å². The van der Waals surface area contributed by atoms with Crippen LogP contribution in [0.2, 0.25) is 0 Å². The number of pyridine rings is 1. The predicted octanol–water partition coefficient (Wildman–Crippen LogP) is 3.12. The highest BCUT2D eigenvalue weighted by atomic mass is 16.2. The summed E-state index contributed by atoms with van der Waals surface area (Å²) in [6, 6.07) is 10.7. The van der Waals surface area contributed by atoms with Gasteiger partial charge in [-0.3, -0.25) is 9.78 Å². The van der Waals surface area contributed by atoms with Gasteiger partial charge in [0.25, 0.3) is 5.91 Å². The fraction of sp³-hybridized carbons (Fsp3) is 0.350. The highest BCUT2D eigenvalue weighted by Crippen LogP contribution is 2.10. The summed E-state index contributed by atoms with van der Waals surface area (Å²) in [6.45, 7) is 7.62. The van der Waals surface area contributed by atoms with E-state index in [2.05, 4.69) is 15.6 Å². The van der Waals surface area contributed by atoms with E-state index < -0.39 is 0 Å². The predicted molar refractivity (Wildman–Crippen MR) is 102 cm³/mol. The lowest BCUT2D eigenvalue weighted by molar-refractivity contribution is 0.0773. The van der Waals surface area contributed by atoms with Gasteiger partial charge in [-0.25, -0.2) is 4.79 Å². The Hall–Kier alpha value is -2.89. The number of nitrogens with zero attached hydrogens (tertiary/aromatic N) is 2. The Morgan fingerprint density at radius 1 is 1.04 bits per heavy atom. The largest absolute Gasteiger partial charge is 0.339 e. The zero-order valence-electron chi connectivity index (χ0n) is 15.5. The Labute approximate surface area is 154 Å². The maximum Gasteiger partial charge on any atom is 0.315 e. The molecular formula is C20H26N4O2. The van der Waals surface area contributed by atoms with Gasteiger partial charge in [-0.05, 0) is 56.2 Å². The van der Waals surface area contributed by atoms with Crippen molar-refractivity contribution in [2.24, 2.45) is 0 Å². The molecule has 3 amide bonds. The van der Waals surface area contributed by atoms with Gasteiger partial charge in [0.15, 0.2) is 0 Å². The summed E-state index contributed by atoms with van der Waals surface area (Å²) in [7, 11) is 0. The van der Waals surface area contributed by atoms with Crippen molar-refractivity contribution in [2.75, 3.05) is 13.1 Å². The highest BCUT2D eigenvalue weighted by Gasteiger charge is 2.12. The van der Waals surface area contributed by atoms with Crippen LogP contribution in [-0.2, 0) is 6.54 Å². The Morgan fingerprint density at radius 3 is 2.23 bits per heavy atom. The summed E-state index contributed by atoms with van der Waals surface area (Å²) >= 11 is 0. The van der Waals surface area contributed by atoms with Crippen molar-refractivity contribution in [1.29, 1.82) is 0 Å². The number of amides is 3. The van der Waals surface area contributed by atoms with E-state index in [1.54, 1.807) is 29.4 Å². The minimum absolute atomic E-state index is 0.0263. The van der Waals surface area contributed by atoms with Crippen LogP contribution in [-0.4, -0.2) is 34.9 Å². The molecule has 2 rings (SSSR count). The zero-order valence-corrected chi connectivity index (χ0v) is 15.5. The van der Waals surface area contributed by atoms with Gasteiger partial charge in [0, 0.05) is 37.6 Å². The van der Waals surface area contributed by atoms with E-state index in [-0.39, 0.29) is 18.0 Å². The van der Waals surface area contributed by atoms with Gasteiger partial charge in [0.05, 0.1) is 6.04 Å². The number of nitrogens with one attached hydrogen (secondary N) is 2. The molecule has 0 aliphatic rings. The summed E-state index contributed by atoms with van der Waals surface area (Å²) in [5.41, 5.74) is 2.59. The first-order valence-electron chi connectivity index (χ1n) is 8.87. The second kappa shape index (κ2) is 9.56. The fourth-order valence-corrected chi connectivity index (χ4v) is 2.62. The molecule has 2 aromatic rings. The number of benzene rings is 1. The molecule has 0 bridgehead atoms. The monoisotopic (exact) mass is 354 g/mol. The lowest BCUT2D eigenvalue weighted by atomic mass is 10.1. The smallest absolute Gasteiger partial charge is 0.315 e. The van der Waals surface area contributed by atoms with Gasteiger partial charge >= 0.3 is 6.03 Å². The van der Waals surface area contributed by atoms with E-state index in [1.807, 2.05) is 45.0 Å². The molecule has 0 fully saturated rings. The molecule has 1 aromatic heterocycles. The van der Waals surface area contributed by atoms with E-state index in [4.69, 9.17) is 0 Å². The maximum absolute atomic E-state index is 12.3. The quantitative estimate of drug-likeness (QED) is 0.802. The van der Waals surface area contributed by atoms with Crippen LogP contribution in [0.15, 0.2) is 48.8 Å². The van der Waals surface area contributed by atoms with Crippen molar-refractivity contribution >= 4 is 11.9 Å². The molecule has 138 valence electrons. The van der Waals surface area contributed by atoms with Crippen LogP contribution in [0.4, 0.5) is 4.79 Å². The second-order valence-corrected chi connectivity index (χ2v) is 6.00. The summed E-state index contributed by atoms with van der Waals surface area (Å²) in [5.74, 6) is 0.0263. The number of rotatable bonds is 7. The maximum atomic E-state index is 12.3. The molecule has 1 atom stereocenters. The number of urea groups is 1. The molecule has 26 heavy (non-hydrogen) atoms. The van der Waals surface area contributed by atoms with Crippen LogP contribution < -0.4 is 10.6 Å². The Balaban J connectivity index is 1.85. The van der Waals surface area contributed by atoms with Gasteiger partial charge in [0.1, 0.15) is 0 Å². The Bertz CT molecular complexity index is 712. The molecule has 1 aromatic carbocycles. The van der Waals surface area contributed by atoms with E-state index in [0.717, 1.165) is 11.1 Å². The second-order valence-electron chi connectivity index (χ2n) is 6.00. The molecule has 0 aliphatic heterocycles. The number of hydrogen-bond donors (Lipinski definition) is 2. The highest BCUT2D eigenvalue weighted by molar-refractivity contribution is 5.94. The number of carbonyl (C=O) groups excluding carboxylic acids is 2. The van der Waals surface area contributed by atoms with Crippen LogP contribution in [0.25, 0.3) is 0 Å². The molecule has 0 aliphatic carbocycles. The third-order valence-electron chi connectivity index (χ3n) is 4.26. The zero-order chi connectivity index (χ0) is 18.9. The van der Waals surface area contributed by atoms with Gasteiger partial charge in [-0.2, -0.15) is 0 Å². The lowest BCUT2D eigenvalue weighted by Gasteiger charge is -2.18. The molecule has 0 saturated heterocycles. The standard InChI is InChI=1S/C20H26N4O2/c1-4-24(5-2)19(25)18-8-6-16(7-9-18)14-22-20(26)23-15(3)17-10-12-21-13-11-17/h6-13,15H,4-5,14H2,1-3H3,(H2,22,23,26). The molecule has 0 saturated carbocycles. The molecular weight excluding hydrogens is 328 g/mol. The van der Waals surface area contributed by atoms with Crippen LogP contribution >= 0.6 is 0 Å². The van der Waals surface area contributed by atoms with Crippen molar-refractivity contribution in [3.05, 3.63) is 65.5 Å². The van der Waals surface area contributed by atoms with Crippen LogP contribution in [0, 0.1) is 0 Å². The fourth-order valence-electron chi connectivity index (χ4n) is 2.62. The van der Waals surface area contributed by atoms with Crippen LogP contribution in [0.1, 0.15) is 48.3 Å². The van der Waals surface area contributed by atoms with E-state index >= 15 is 0 Å². The molecule has 0 spiro atoms. The summed E-state index contributed by atoms with van der Waals surface area (Å²) in [5, 5.41) is 5.72. The minimum Gasteiger partial charge on any atom is -0.339 e. The Morgan fingerprint density at radius 2 is 1.65 bits per heavy atom. The third-order valence-corrected chi connectivity index (χ3v) is 4.26. The molecule has 6 nitrogen and oxygen atoms in total. The summed E-state index contributed by atoms with van der Waals surface area (Å²) in [4.78, 5) is 30.1. The number of hydrogen-bond acceptors (Lipinski definition) is 3. The van der Waals surface area contributed by atoms with Crippen molar-refractivity contribution < 1.29 is 9.59 Å². The first kappa shape index (κ1) is 19.4. The van der Waals surface area contributed by atoms with Crippen molar-refractivity contribution in [3.8, 4) is 0 Å². The normalized spacial score (nSPS) is 11.5. The van der Waals surface area contributed by atoms with Crippen molar-refractivity contribution in [3.63, 3.8) is 0 Å². The SMILES string of the molecule is CCN(CC)C(=O)c1ccc(CNC(=O)NC(C)c2ccncc2)cc1. The molecule has 1 heterocycles. The third kappa shape index (κ3) is 5.31. The van der Waals surface area contributed by atoms with Gasteiger partial charge in [-0.15, -0.1) is 0 Å². The Kier molecular flexibility index (Phi) is 7.14. The lowest BCUT2D eigenvalue weighted by Crippen LogP contribution is -2.36. The number of aromatic nitrogens is 1. The van der Waals surface area contributed by atoms with Crippen LogP contribution in [0.3, 0.4) is 0 Å². The number of carbonyl (C=O) groups is 2. The first-order chi connectivity index (χ1) is 12.5. The average molecular weight is 354 g/mol. The van der Waals surface area contributed by atoms with Gasteiger partial charge in [0.2, 0.25) is 0 Å². The van der Waals surface area contributed by atoms with Gasteiger partial charge in [-0.1, -0.05) is 12.1 Å². The van der Waals surface area contributed by atoms with E-state index in [9.17, 15) is 9.59 Å². The van der Waals surface area contributed by atoms with Crippen molar-refractivity contribution in [2.45, 2.75) is 33.4 Å². The minimum atomic E-state index is -0.238. The van der Waals surface area contributed by atoms with Gasteiger partial charge < -0.3 is 15.5 Å². The summed E-state index contributed by atoms with van der Waals surface area (Å²) < 4.78 is 0. The van der Waals surface area contributed by atoms with E-state index in [0.29, 0.717) is 25.2 Å². The molecule has 6 heteroatoms. The van der Waals surface area contributed by atoms with E-state index in [1.165, 1.54) is 0 Å². The average Bonchev–Trinajstić information content (AvgIpc) is 2.68. The molecule has 2 N–H and O–H groups in total. The topological polar surface area (TPSA) is 74.3 Å². The molecule has 1 unspecified atom stereocenters. The first-order valence-corrected chi connectivity index (χ1v) is 8.87. The van der Waals surface area contributed by atoms with Crippen LogP contribution in [0.5, 0.6) is 0 Å².